The smallest absolute Gasteiger partial charge is 0.303 e. The normalized spacial score (nSPS) is 13.7. The Hall–Kier alpha value is -2.09. The number of ketones is 1. The summed E-state index contributed by atoms with van der Waals surface area (Å²) in [7, 11) is -2.58. The minimum absolute atomic E-state index is 0.0925. The number of thiol groups is 1. The van der Waals surface area contributed by atoms with Crippen molar-refractivity contribution in [2.45, 2.75) is 12.8 Å². The Labute approximate surface area is 123 Å². The van der Waals surface area contributed by atoms with Crippen LogP contribution < -0.4 is 9.64 Å². The largest absolute Gasteiger partial charge is 0.490 e. The number of carbonyl (C=O) groups excluding carboxylic acids is 1. The molecular weight excluding hydrogens is 298 g/mol. The lowest BCUT2D eigenvalue weighted by atomic mass is 10.0. The third-order valence-electron chi connectivity index (χ3n) is 3.09. The molecule has 0 spiro atoms. The van der Waals surface area contributed by atoms with Gasteiger partial charge in [-0.2, -0.15) is 0 Å². The topological polar surface area (TPSA) is 101 Å². The highest BCUT2D eigenvalue weighted by Crippen LogP contribution is 2.32. The Kier molecular flexibility index (Phi) is 4.79. The number of hydrogen-bond acceptors (Lipinski definition) is 6. The number of carboxylic acid groups (broad SMARTS) is 1. The highest BCUT2D eigenvalue weighted by molar-refractivity contribution is 7.72. The number of carbonyl (C=O) groups is 2. The molecule has 8 heteroatoms. The Morgan fingerprint density at radius 2 is 2.05 bits per heavy atom. The number of nitrogens with zero attached hydrogens (tertiary/aromatic N) is 1. The summed E-state index contributed by atoms with van der Waals surface area (Å²) in [5, 5.41) is 8.59. The Morgan fingerprint density at radius 3 is 2.71 bits per heavy atom. The van der Waals surface area contributed by atoms with Crippen molar-refractivity contribution in [3.05, 3.63) is 23.8 Å². The molecule has 0 aliphatic carbocycles. The molecule has 7 nitrogen and oxygen atoms in total. The van der Waals surface area contributed by atoms with E-state index in [1.54, 1.807) is 23.1 Å². The van der Waals surface area contributed by atoms with Crippen molar-refractivity contribution in [3.8, 4) is 5.75 Å². The molecule has 21 heavy (non-hydrogen) atoms. The first-order valence-electron chi connectivity index (χ1n) is 6.36. The molecule has 2 rings (SSSR count). The van der Waals surface area contributed by atoms with Crippen molar-refractivity contribution < 1.29 is 27.9 Å². The van der Waals surface area contributed by atoms with Crippen LogP contribution in [0.5, 0.6) is 5.75 Å². The second-order valence-corrected chi connectivity index (χ2v) is 5.53. The van der Waals surface area contributed by atoms with Crippen LogP contribution in [0.1, 0.15) is 23.2 Å². The molecule has 1 aliphatic heterocycles. The fourth-order valence-electron chi connectivity index (χ4n) is 2.10. The van der Waals surface area contributed by atoms with Gasteiger partial charge in [-0.15, -0.1) is 0 Å². The maximum Gasteiger partial charge on any atom is 0.303 e. The lowest BCUT2D eigenvalue weighted by Gasteiger charge is -2.29. The predicted octanol–water partition coefficient (Wildman–Crippen LogP) is 0.502. The van der Waals surface area contributed by atoms with Crippen molar-refractivity contribution in [3.63, 3.8) is 0 Å². The SMILES string of the molecule is O=C(O)CCC(=O)c1ccc2c(c1)N(C[SH](=O)=O)CCO2. The fraction of sp³-hybridized carbons (Fsp3) is 0.385. The molecule has 114 valence electrons. The van der Waals surface area contributed by atoms with Crippen LogP contribution in [0.2, 0.25) is 0 Å². The maximum absolute atomic E-state index is 11.9. The number of benzene rings is 1. The second kappa shape index (κ2) is 6.57. The third-order valence-corrected chi connectivity index (χ3v) is 3.66. The van der Waals surface area contributed by atoms with Gasteiger partial charge in [-0.25, -0.2) is 8.42 Å². The Morgan fingerprint density at radius 1 is 1.29 bits per heavy atom. The summed E-state index contributed by atoms with van der Waals surface area (Å²) in [6, 6.07) is 4.72. The van der Waals surface area contributed by atoms with Crippen LogP contribution in [-0.4, -0.2) is 44.3 Å². The summed E-state index contributed by atoms with van der Waals surface area (Å²) >= 11 is 0. The molecule has 0 saturated heterocycles. The van der Waals surface area contributed by atoms with E-state index in [2.05, 4.69) is 0 Å². The molecule has 0 unspecified atom stereocenters. The van der Waals surface area contributed by atoms with Crippen molar-refractivity contribution in [2.24, 2.45) is 0 Å². The zero-order valence-corrected chi connectivity index (χ0v) is 12.0. The zero-order chi connectivity index (χ0) is 15.4. The molecule has 1 aliphatic rings. The molecule has 0 aromatic heterocycles. The third kappa shape index (κ3) is 3.94. The van der Waals surface area contributed by atoms with Gasteiger partial charge in [-0.1, -0.05) is 0 Å². The summed E-state index contributed by atoms with van der Waals surface area (Å²) in [5.41, 5.74) is 0.897. The van der Waals surface area contributed by atoms with Crippen molar-refractivity contribution in [1.29, 1.82) is 0 Å². The first kappa shape index (κ1) is 15.3. The van der Waals surface area contributed by atoms with Crippen LogP contribution in [0.25, 0.3) is 0 Å². The van der Waals surface area contributed by atoms with Crippen molar-refractivity contribution in [1.82, 2.24) is 0 Å². The van der Waals surface area contributed by atoms with Gasteiger partial charge in [0.2, 0.25) is 0 Å². The molecule has 0 amide bonds. The minimum atomic E-state index is -2.58. The molecule has 0 saturated carbocycles. The minimum Gasteiger partial charge on any atom is -0.490 e. The molecule has 0 radical (unpaired) electrons. The van der Waals surface area contributed by atoms with Gasteiger partial charge in [0.15, 0.2) is 16.5 Å². The first-order chi connectivity index (χ1) is 9.97. The lowest BCUT2D eigenvalue weighted by molar-refractivity contribution is -0.136. The summed E-state index contributed by atoms with van der Waals surface area (Å²) < 4.78 is 27.2. The highest BCUT2D eigenvalue weighted by atomic mass is 32.2. The first-order valence-corrected chi connectivity index (χ1v) is 7.72. The van der Waals surface area contributed by atoms with Gasteiger partial charge < -0.3 is 14.7 Å². The fourth-order valence-corrected chi connectivity index (χ4v) is 2.67. The highest BCUT2D eigenvalue weighted by Gasteiger charge is 2.20. The van der Waals surface area contributed by atoms with Crippen LogP contribution >= 0.6 is 0 Å². The number of hydrogen-bond donors (Lipinski definition) is 2. The second-order valence-electron chi connectivity index (χ2n) is 4.59. The van der Waals surface area contributed by atoms with Gasteiger partial charge in [-0.05, 0) is 18.2 Å². The summed E-state index contributed by atoms with van der Waals surface area (Å²) in [4.78, 5) is 24.0. The van der Waals surface area contributed by atoms with Gasteiger partial charge in [0.1, 0.15) is 18.2 Å². The van der Waals surface area contributed by atoms with E-state index in [-0.39, 0.29) is 24.5 Å². The summed E-state index contributed by atoms with van der Waals surface area (Å²) in [6.07, 6.45) is -0.326. The molecule has 0 atom stereocenters. The predicted molar refractivity (Wildman–Crippen MR) is 75.7 cm³/mol. The van der Waals surface area contributed by atoms with E-state index in [0.717, 1.165) is 0 Å². The van der Waals surface area contributed by atoms with Gasteiger partial charge >= 0.3 is 5.97 Å². The van der Waals surface area contributed by atoms with Crippen LogP contribution in [0.4, 0.5) is 5.69 Å². The van der Waals surface area contributed by atoms with E-state index in [0.29, 0.717) is 30.2 Å². The van der Waals surface area contributed by atoms with E-state index < -0.39 is 16.7 Å². The molecule has 1 N–H and O–H groups in total. The monoisotopic (exact) mass is 313 g/mol. The molecule has 0 fully saturated rings. The Balaban J connectivity index is 2.23. The number of fused-ring (bicyclic) bond motifs is 1. The summed E-state index contributed by atoms with van der Waals surface area (Å²) in [6.45, 7) is 0.797. The molecule has 1 aromatic carbocycles. The standard InChI is InChI=1S/C13H15NO6S/c15-11(2-4-13(16)17)9-1-3-12-10(7-9)14(5-6-20-12)8-21(18)19/h1,3,7,21H,2,4-6,8H2,(H,16,17). The number of rotatable bonds is 6. The number of anilines is 1. The lowest BCUT2D eigenvalue weighted by Crippen LogP contribution is -2.34. The van der Waals surface area contributed by atoms with Gasteiger partial charge in [0, 0.05) is 12.0 Å². The van der Waals surface area contributed by atoms with Gasteiger partial charge in [-0.3, -0.25) is 9.59 Å². The van der Waals surface area contributed by atoms with E-state index in [9.17, 15) is 18.0 Å². The number of ether oxygens (including phenoxy) is 1. The van der Waals surface area contributed by atoms with E-state index in [1.165, 1.54) is 0 Å². The molecule has 1 aromatic rings. The van der Waals surface area contributed by atoms with Crippen LogP contribution in [0, 0.1) is 0 Å². The van der Waals surface area contributed by atoms with Gasteiger partial charge in [0.05, 0.1) is 18.7 Å². The van der Waals surface area contributed by atoms with Crippen LogP contribution in [0.3, 0.4) is 0 Å². The van der Waals surface area contributed by atoms with Crippen molar-refractivity contribution in [2.75, 3.05) is 23.9 Å². The maximum atomic E-state index is 11.9. The van der Waals surface area contributed by atoms with E-state index >= 15 is 0 Å². The van der Waals surface area contributed by atoms with E-state index in [4.69, 9.17) is 9.84 Å². The number of aliphatic carboxylic acids is 1. The average molecular weight is 313 g/mol. The zero-order valence-electron chi connectivity index (χ0n) is 11.2. The van der Waals surface area contributed by atoms with Crippen LogP contribution in [-0.2, 0) is 15.5 Å². The van der Waals surface area contributed by atoms with Crippen molar-refractivity contribution >= 4 is 28.1 Å². The molecular formula is C13H15NO6S. The number of Topliss-reactive ketones (excluding diaryl/α,β-unsaturated/α-hetero) is 1. The molecule has 0 bridgehead atoms. The van der Waals surface area contributed by atoms with Crippen LogP contribution in [0.15, 0.2) is 18.2 Å². The molecule has 1 heterocycles. The summed E-state index contributed by atoms with van der Waals surface area (Å²) in [5.74, 6) is -0.946. The average Bonchev–Trinajstić information content (AvgIpc) is 2.44. The van der Waals surface area contributed by atoms with E-state index in [1.807, 2.05) is 0 Å². The Bertz CT molecular complexity index is 632. The quantitative estimate of drug-likeness (QED) is 0.582. The van der Waals surface area contributed by atoms with Gasteiger partial charge in [0.25, 0.3) is 0 Å². The number of carboxylic acids is 1.